The first-order valence-electron chi connectivity index (χ1n) is 3.35. The molecule has 2 fully saturated rings. The third kappa shape index (κ3) is 0.501. The fourth-order valence-corrected chi connectivity index (χ4v) is 1.71. The van der Waals surface area contributed by atoms with Crippen molar-refractivity contribution < 1.29 is 0 Å². The van der Waals surface area contributed by atoms with Gasteiger partial charge in [0.2, 0.25) is 0 Å². The lowest BCUT2D eigenvalue weighted by molar-refractivity contribution is 0.543. The summed E-state index contributed by atoms with van der Waals surface area (Å²) >= 11 is 0. The van der Waals surface area contributed by atoms with Crippen LogP contribution in [0.15, 0.2) is 0 Å². The zero-order valence-electron chi connectivity index (χ0n) is 4.93. The normalized spacial score (nSPS) is 51.4. The molecule has 1 aliphatic heterocycles. The molecular weight excluding hydrogens is 100 g/mol. The topological polar surface area (TPSA) is 38.0 Å². The molecule has 46 valence electrons. The van der Waals surface area contributed by atoms with Gasteiger partial charge in [-0.3, -0.25) is 0 Å². The Labute approximate surface area is 49.4 Å². The summed E-state index contributed by atoms with van der Waals surface area (Å²) in [6, 6.07) is 0.667. The number of nitrogens with one attached hydrogen (secondary N) is 1. The molecule has 0 spiro atoms. The maximum atomic E-state index is 5.49. The van der Waals surface area contributed by atoms with E-state index in [1.54, 1.807) is 0 Å². The van der Waals surface area contributed by atoms with Crippen LogP contribution in [0.4, 0.5) is 0 Å². The summed E-state index contributed by atoms with van der Waals surface area (Å²) in [7, 11) is 0. The van der Waals surface area contributed by atoms with Gasteiger partial charge in [0.1, 0.15) is 0 Å². The summed E-state index contributed by atoms with van der Waals surface area (Å²) < 4.78 is 0. The van der Waals surface area contributed by atoms with Gasteiger partial charge in [-0.15, -0.1) is 0 Å². The summed E-state index contributed by atoms with van der Waals surface area (Å²) in [5.74, 6) is 1.96. The van der Waals surface area contributed by atoms with Gasteiger partial charge in [-0.2, -0.15) is 0 Å². The average Bonchev–Trinajstić information content (AvgIpc) is 2.46. The van der Waals surface area contributed by atoms with Crippen LogP contribution in [0.1, 0.15) is 6.42 Å². The van der Waals surface area contributed by atoms with E-state index in [0.717, 1.165) is 18.4 Å². The van der Waals surface area contributed by atoms with Crippen molar-refractivity contribution >= 4 is 0 Å². The van der Waals surface area contributed by atoms with Crippen molar-refractivity contribution in [3.05, 3.63) is 0 Å². The molecule has 1 aliphatic carbocycles. The quantitative estimate of drug-likeness (QED) is 0.482. The number of piperidine rings is 1. The third-order valence-corrected chi connectivity index (χ3v) is 2.39. The molecular formula is C6H12N2. The largest absolute Gasteiger partial charge is 0.329 e. The van der Waals surface area contributed by atoms with E-state index in [9.17, 15) is 0 Å². The molecule has 2 nitrogen and oxygen atoms in total. The van der Waals surface area contributed by atoms with Crippen molar-refractivity contribution in [3.63, 3.8) is 0 Å². The Morgan fingerprint density at radius 1 is 1.62 bits per heavy atom. The molecule has 3 N–H and O–H groups in total. The molecule has 0 unspecified atom stereocenters. The van der Waals surface area contributed by atoms with Crippen LogP contribution in [-0.4, -0.2) is 19.1 Å². The Balaban J connectivity index is 1.97. The zero-order chi connectivity index (χ0) is 5.56. The SMILES string of the molecule is NC[C@@H]1NC[C@@H]2C[C@H]21. The highest BCUT2D eigenvalue weighted by atomic mass is 15.0. The van der Waals surface area contributed by atoms with Crippen LogP contribution < -0.4 is 11.1 Å². The van der Waals surface area contributed by atoms with E-state index in [-0.39, 0.29) is 0 Å². The van der Waals surface area contributed by atoms with E-state index in [1.165, 1.54) is 13.0 Å². The first kappa shape index (κ1) is 4.77. The second-order valence-electron chi connectivity index (χ2n) is 2.91. The molecule has 2 aliphatic rings. The molecule has 0 aromatic heterocycles. The van der Waals surface area contributed by atoms with Gasteiger partial charge >= 0.3 is 0 Å². The minimum absolute atomic E-state index is 0.667. The Kier molecular flexibility index (Phi) is 0.866. The van der Waals surface area contributed by atoms with Crippen molar-refractivity contribution in [1.29, 1.82) is 0 Å². The monoisotopic (exact) mass is 112 g/mol. The Morgan fingerprint density at radius 2 is 2.50 bits per heavy atom. The Hall–Kier alpha value is -0.0800. The molecule has 0 bridgehead atoms. The van der Waals surface area contributed by atoms with Crippen molar-refractivity contribution in [2.45, 2.75) is 12.5 Å². The zero-order valence-corrected chi connectivity index (χ0v) is 4.93. The highest BCUT2D eigenvalue weighted by Crippen LogP contribution is 2.44. The minimum atomic E-state index is 0.667. The van der Waals surface area contributed by atoms with E-state index >= 15 is 0 Å². The van der Waals surface area contributed by atoms with Gasteiger partial charge in [0.15, 0.2) is 0 Å². The smallest absolute Gasteiger partial charge is 0.0221 e. The van der Waals surface area contributed by atoms with Crippen LogP contribution in [0.5, 0.6) is 0 Å². The van der Waals surface area contributed by atoms with Gasteiger partial charge in [0, 0.05) is 12.6 Å². The number of rotatable bonds is 1. The molecule has 1 saturated heterocycles. The van der Waals surface area contributed by atoms with E-state index in [1.807, 2.05) is 0 Å². The van der Waals surface area contributed by atoms with Crippen molar-refractivity contribution in [3.8, 4) is 0 Å². The van der Waals surface area contributed by atoms with Gasteiger partial charge in [-0.05, 0) is 24.8 Å². The molecule has 0 amide bonds. The molecule has 3 atom stereocenters. The maximum absolute atomic E-state index is 5.49. The summed E-state index contributed by atoms with van der Waals surface area (Å²) in [6.07, 6.45) is 1.44. The molecule has 1 heterocycles. The fraction of sp³-hybridized carbons (Fsp3) is 1.00. The first-order chi connectivity index (χ1) is 3.92. The number of nitrogens with two attached hydrogens (primary N) is 1. The van der Waals surface area contributed by atoms with E-state index in [4.69, 9.17) is 5.73 Å². The highest BCUT2D eigenvalue weighted by molar-refractivity contribution is 5.02. The lowest BCUT2D eigenvalue weighted by Crippen LogP contribution is -2.33. The summed E-state index contributed by atoms with van der Waals surface area (Å²) in [6.45, 7) is 2.06. The molecule has 0 aromatic carbocycles. The fourth-order valence-electron chi connectivity index (χ4n) is 1.71. The number of hydrogen-bond donors (Lipinski definition) is 2. The van der Waals surface area contributed by atoms with E-state index in [2.05, 4.69) is 5.32 Å². The van der Waals surface area contributed by atoms with Crippen LogP contribution in [0, 0.1) is 11.8 Å². The minimum Gasteiger partial charge on any atom is -0.329 e. The van der Waals surface area contributed by atoms with Crippen molar-refractivity contribution in [2.75, 3.05) is 13.1 Å². The number of hydrogen-bond acceptors (Lipinski definition) is 2. The second-order valence-corrected chi connectivity index (χ2v) is 2.91. The van der Waals surface area contributed by atoms with Crippen LogP contribution >= 0.6 is 0 Å². The molecule has 0 aromatic rings. The average molecular weight is 112 g/mol. The number of fused-ring (bicyclic) bond motifs is 1. The van der Waals surface area contributed by atoms with E-state index in [0.29, 0.717) is 6.04 Å². The molecule has 1 saturated carbocycles. The summed E-state index contributed by atoms with van der Waals surface area (Å²) in [4.78, 5) is 0. The summed E-state index contributed by atoms with van der Waals surface area (Å²) in [5, 5.41) is 3.38. The Bertz CT molecular complexity index is 103. The molecule has 8 heavy (non-hydrogen) atoms. The second kappa shape index (κ2) is 1.45. The van der Waals surface area contributed by atoms with Crippen LogP contribution in [0.2, 0.25) is 0 Å². The molecule has 0 radical (unpaired) electrons. The van der Waals surface area contributed by atoms with Gasteiger partial charge < -0.3 is 11.1 Å². The van der Waals surface area contributed by atoms with Gasteiger partial charge in [0.25, 0.3) is 0 Å². The maximum Gasteiger partial charge on any atom is 0.0221 e. The highest BCUT2D eigenvalue weighted by Gasteiger charge is 2.46. The van der Waals surface area contributed by atoms with Crippen LogP contribution in [0.25, 0.3) is 0 Å². The van der Waals surface area contributed by atoms with Crippen molar-refractivity contribution in [2.24, 2.45) is 17.6 Å². The predicted octanol–water partition coefficient (Wildman–Crippen LogP) is -0.447. The summed E-state index contributed by atoms with van der Waals surface area (Å²) in [5.41, 5.74) is 5.49. The third-order valence-electron chi connectivity index (χ3n) is 2.39. The van der Waals surface area contributed by atoms with Crippen LogP contribution in [0.3, 0.4) is 0 Å². The standard InChI is InChI=1S/C6H12N2/c7-2-6-5-1-4(5)3-8-6/h4-6,8H,1-3,7H2/t4-,5+,6-/m0/s1. The lowest BCUT2D eigenvalue weighted by atomic mass is 10.2. The Morgan fingerprint density at radius 3 is 2.75 bits per heavy atom. The van der Waals surface area contributed by atoms with Gasteiger partial charge in [0.05, 0.1) is 0 Å². The van der Waals surface area contributed by atoms with E-state index < -0.39 is 0 Å². The molecule has 2 rings (SSSR count). The molecule has 2 heteroatoms. The first-order valence-corrected chi connectivity index (χ1v) is 3.35. The van der Waals surface area contributed by atoms with Crippen LogP contribution in [-0.2, 0) is 0 Å². The predicted molar refractivity (Wildman–Crippen MR) is 32.4 cm³/mol. The van der Waals surface area contributed by atoms with Gasteiger partial charge in [-0.1, -0.05) is 0 Å². The van der Waals surface area contributed by atoms with Gasteiger partial charge in [-0.25, -0.2) is 0 Å². The lowest BCUT2D eigenvalue weighted by Gasteiger charge is -2.07. The van der Waals surface area contributed by atoms with Crippen molar-refractivity contribution in [1.82, 2.24) is 5.32 Å².